The van der Waals surface area contributed by atoms with Gasteiger partial charge in [0.2, 0.25) is 0 Å². The summed E-state index contributed by atoms with van der Waals surface area (Å²) in [5.41, 5.74) is 0. The number of hydrogen-bond donors (Lipinski definition) is 2. The molecule has 0 spiro atoms. The second-order valence-corrected chi connectivity index (χ2v) is 7.32. The van der Waals surface area contributed by atoms with Crippen LogP contribution >= 0.6 is 11.8 Å². The van der Waals surface area contributed by atoms with Gasteiger partial charge in [-0.05, 0) is 38.9 Å². The molecule has 8 heteroatoms. The zero-order valence-electron chi connectivity index (χ0n) is 16.5. The summed E-state index contributed by atoms with van der Waals surface area (Å²) in [6.07, 6.45) is 10.1. The molecule has 0 atom stereocenters. The van der Waals surface area contributed by atoms with Gasteiger partial charge in [0.15, 0.2) is 11.1 Å². The van der Waals surface area contributed by atoms with E-state index < -0.39 is 0 Å². The molecule has 1 aromatic heterocycles. The van der Waals surface area contributed by atoms with Crippen LogP contribution < -0.4 is 10.6 Å². The average Bonchev–Trinajstić information content (AvgIpc) is 3.31. The lowest BCUT2D eigenvalue weighted by molar-refractivity contribution is 0.195. The fraction of sp³-hybridized carbons (Fsp3) is 0.833. The van der Waals surface area contributed by atoms with Crippen LogP contribution in [0, 0.1) is 0 Å². The Kier molecular flexibility index (Phi) is 9.84. The Hall–Kier alpha value is -1.28. The summed E-state index contributed by atoms with van der Waals surface area (Å²) in [6.45, 7) is 5.36. The van der Waals surface area contributed by atoms with Gasteiger partial charge < -0.3 is 19.9 Å². The van der Waals surface area contributed by atoms with Gasteiger partial charge in [-0.15, -0.1) is 10.2 Å². The summed E-state index contributed by atoms with van der Waals surface area (Å²) in [5.74, 6) is 2.00. The molecule has 0 aliphatic heterocycles. The van der Waals surface area contributed by atoms with Gasteiger partial charge >= 0.3 is 0 Å². The number of hydrogen-bond acceptors (Lipinski definition) is 5. The van der Waals surface area contributed by atoms with Crippen LogP contribution in [0.2, 0.25) is 0 Å². The van der Waals surface area contributed by atoms with E-state index in [0.29, 0.717) is 6.04 Å². The van der Waals surface area contributed by atoms with Crippen molar-refractivity contribution in [2.24, 2.45) is 4.99 Å². The van der Waals surface area contributed by atoms with Crippen molar-refractivity contribution in [2.75, 3.05) is 39.6 Å². The summed E-state index contributed by atoms with van der Waals surface area (Å²) < 4.78 is 7.46. The topological polar surface area (TPSA) is 76.4 Å². The number of aromatic nitrogens is 3. The normalized spacial score (nSPS) is 15.6. The SMILES string of the molecule is CCNC(=NCCCc1nnc(SC)n1C1CCCC1)NCCCOC. The smallest absolute Gasteiger partial charge is 0.191 e. The molecule has 1 aliphatic rings. The second-order valence-electron chi connectivity index (χ2n) is 6.55. The van der Waals surface area contributed by atoms with Crippen molar-refractivity contribution in [3.63, 3.8) is 0 Å². The Balaban J connectivity index is 1.84. The highest BCUT2D eigenvalue weighted by Crippen LogP contribution is 2.33. The first-order valence-electron chi connectivity index (χ1n) is 9.79. The highest BCUT2D eigenvalue weighted by molar-refractivity contribution is 7.98. The Morgan fingerprint density at radius 1 is 1.27 bits per heavy atom. The highest BCUT2D eigenvalue weighted by Gasteiger charge is 2.23. The molecule has 0 unspecified atom stereocenters. The van der Waals surface area contributed by atoms with Gasteiger partial charge in [-0.25, -0.2) is 0 Å². The summed E-state index contributed by atoms with van der Waals surface area (Å²) in [7, 11) is 1.73. The van der Waals surface area contributed by atoms with E-state index >= 15 is 0 Å². The molecule has 0 saturated heterocycles. The highest BCUT2D eigenvalue weighted by atomic mass is 32.2. The number of methoxy groups -OCH3 is 1. The van der Waals surface area contributed by atoms with Crippen molar-refractivity contribution in [2.45, 2.75) is 63.1 Å². The number of guanidine groups is 1. The van der Waals surface area contributed by atoms with E-state index in [1.807, 2.05) is 0 Å². The number of rotatable bonds is 11. The molecule has 2 rings (SSSR count). The molecule has 0 aromatic carbocycles. The van der Waals surface area contributed by atoms with E-state index in [-0.39, 0.29) is 0 Å². The van der Waals surface area contributed by atoms with E-state index in [9.17, 15) is 0 Å². The Morgan fingerprint density at radius 3 is 2.77 bits per heavy atom. The Bertz CT molecular complexity index is 542. The second kappa shape index (κ2) is 12.2. The fourth-order valence-electron chi connectivity index (χ4n) is 3.34. The van der Waals surface area contributed by atoms with Crippen LogP contribution in [0.3, 0.4) is 0 Å². The molecule has 148 valence electrons. The van der Waals surface area contributed by atoms with Crippen LogP contribution in [0.15, 0.2) is 10.1 Å². The van der Waals surface area contributed by atoms with Crippen molar-refractivity contribution in [3.8, 4) is 0 Å². The molecular weight excluding hydrogens is 348 g/mol. The number of ether oxygens (including phenoxy) is 1. The van der Waals surface area contributed by atoms with Crippen LogP contribution in [0.1, 0.15) is 57.3 Å². The summed E-state index contributed by atoms with van der Waals surface area (Å²) in [6, 6.07) is 0.589. The maximum atomic E-state index is 5.08. The molecule has 1 aromatic rings. The quantitative estimate of drug-likeness (QED) is 0.265. The number of aryl methyl sites for hydroxylation is 1. The van der Waals surface area contributed by atoms with Crippen LogP contribution in [0.5, 0.6) is 0 Å². The van der Waals surface area contributed by atoms with Crippen molar-refractivity contribution in [1.82, 2.24) is 25.4 Å². The number of thioether (sulfide) groups is 1. The van der Waals surface area contributed by atoms with Gasteiger partial charge in [-0.3, -0.25) is 4.99 Å². The third-order valence-electron chi connectivity index (χ3n) is 4.60. The average molecular weight is 383 g/mol. The molecule has 0 bridgehead atoms. The molecule has 1 fully saturated rings. The summed E-state index contributed by atoms with van der Waals surface area (Å²) in [5, 5.41) is 16.5. The molecular formula is C18H34N6OS. The van der Waals surface area contributed by atoms with Gasteiger partial charge in [-0.1, -0.05) is 24.6 Å². The third kappa shape index (κ3) is 6.46. The van der Waals surface area contributed by atoms with Crippen molar-refractivity contribution in [1.29, 1.82) is 0 Å². The molecule has 1 heterocycles. The molecule has 26 heavy (non-hydrogen) atoms. The molecule has 7 nitrogen and oxygen atoms in total. The van der Waals surface area contributed by atoms with E-state index in [4.69, 9.17) is 4.74 Å². The van der Waals surface area contributed by atoms with Gasteiger partial charge in [0.1, 0.15) is 5.82 Å². The monoisotopic (exact) mass is 382 g/mol. The zero-order chi connectivity index (χ0) is 18.6. The van der Waals surface area contributed by atoms with E-state index in [0.717, 1.165) is 62.4 Å². The van der Waals surface area contributed by atoms with Gasteiger partial charge in [-0.2, -0.15) is 0 Å². The predicted octanol–water partition coefficient (Wildman–Crippen LogP) is 2.64. The molecule has 1 saturated carbocycles. The number of nitrogens with zero attached hydrogens (tertiary/aromatic N) is 4. The van der Waals surface area contributed by atoms with E-state index in [1.54, 1.807) is 18.9 Å². The van der Waals surface area contributed by atoms with Gasteiger partial charge in [0, 0.05) is 45.8 Å². The third-order valence-corrected chi connectivity index (χ3v) is 5.24. The largest absolute Gasteiger partial charge is 0.385 e. The maximum absolute atomic E-state index is 5.08. The lowest BCUT2D eigenvalue weighted by atomic mass is 10.2. The summed E-state index contributed by atoms with van der Waals surface area (Å²) >= 11 is 1.70. The molecule has 1 aliphatic carbocycles. The van der Waals surface area contributed by atoms with Crippen LogP contribution in [0.4, 0.5) is 0 Å². The minimum atomic E-state index is 0.589. The first kappa shape index (κ1) is 21.0. The van der Waals surface area contributed by atoms with Crippen LogP contribution in [0.25, 0.3) is 0 Å². The first-order chi connectivity index (χ1) is 12.8. The molecule has 0 amide bonds. The first-order valence-corrected chi connectivity index (χ1v) is 11.0. The van der Waals surface area contributed by atoms with E-state index in [1.165, 1.54) is 25.7 Å². The standard InChI is InChI=1S/C18H34N6OS/c1-4-19-17(21-13-8-14-25-2)20-12-7-11-16-22-23-18(26-3)24(16)15-9-5-6-10-15/h15H,4-14H2,1-3H3,(H2,19,20,21). The Labute approximate surface area is 161 Å². The van der Waals surface area contributed by atoms with Crippen molar-refractivity contribution >= 4 is 17.7 Å². The fourth-order valence-corrected chi connectivity index (χ4v) is 3.91. The predicted molar refractivity (Wildman–Crippen MR) is 108 cm³/mol. The lowest BCUT2D eigenvalue weighted by Gasteiger charge is -2.16. The van der Waals surface area contributed by atoms with Crippen LogP contribution in [-0.2, 0) is 11.2 Å². The van der Waals surface area contributed by atoms with Crippen molar-refractivity contribution < 1.29 is 4.74 Å². The summed E-state index contributed by atoms with van der Waals surface area (Å²) in [4.78, 5) is 4.67. The lowest BCUT2D eigenvalue weighted by Crippen LogP contribution is -2.38. The minimum Gasteiger partial charge on any atom is -0.385 e. The number of aliphatic imine (C=N–C) groups is 1. The van der Waals surface area contributed by atoms with E-state index in [2.05, 4.69) is 43.6 Å². The minimum absolute atomic E-state index is 0.589. The van der Waals surface area contributed by atoms with Gasteiger partial charge in [0.25, 0.3) is 0 Å². The van der Waals surface area contributed by atoms with Crippen molar-refractivity contribution in [3.05, 3.63) is 5.82 Å². The number of nitrogens with one attached hydrogen (secondary N) is 2. The maximum Gasteiger partial charge on any atom is 0.191 e. The van der Waals surface area contributed by atoms with Gasteiger partial charge in [0.05, 0.1) is 0 Å². The van der Waals surface area contributed by atoms with Crippen LogP contribution in [-0.4, -0.2) is 60.3 Å². The zero-order valence-corrected chi connectivity index (χ0v) is 17.3. The Morgan fingerprint density at radius 2 is 2.08 bits per heavy atom. The molecule has 2 N–H and O–H groups in total. The molecule has 0 radical (unpaired) electrons.